The molecule has 0 aromatic heterocycles. The molecule has 1 unspecified atom stereocenters. The number of hydrogen-bond acceptors (Lipinski definition) is 2. The second-order valence-corrected chi connectivity index (χ2v) is 5.53. The van der Waals surface area contributed by atoms with E-state index in [2.05, 4.69) is 5.43 Å². The summed E-state index contributed by atoms with van der Waals surface area (Å²) in [5.74, 6) is -0.221. The molecule has 1 heterocycles. The normalized spacial score (nSPS) is 21.0. The van der Waals surface area contributed by atoms with Gasteiger partial charge in [-0.1, -0.05) is 42.5 Å². The molecule has 0 saturated heterocycles. The number of nitrogens with zero attached hydrogens (tertiary/aromatic N) is 1. The van der Waals surface area contributed by atoms with Crippen LogP contribution in [-0.4, -0.2) is 12.5 Å². The number of hydrazine groups is 1. The van der Waals surface area contributed by atoms with Gasteiger partial charge >= 0.3 is 0 Å². The van der Waals surface area contributed by atoms with Crippen LogP contribution in [-0.2, 0) is 0 Å². The SMILES string of the molecule is CN1NC(Cl)C/C=C(/c2ccccc2F)c2ccccc21. The molecule has 0 saturated carbocycles. The lowest BCUT2D eigenvalue weighted by atomic mass is 9.94. The number of rotatable bonds is 1. The van der Waals surface area contributed by atoms with Crippen molar-refractivity contribution >= 4 is 22.9 Å². The van der Waals surface area contributed by atoms with Crippen LogP contribution in [0.15, 0.2) is 54.6 Å². The fourth-order valence-electron chi connectivity index (χ4n) is 2.59. The van der Waals surface area contributed by atoms with Crippen molar-refractivity contribution in [3.8, 4) is 0 Å². The quantitative estimate of drug-likeness (QED) is 0.628. The van der Waals surface area contributed by atoms with Gasteiger partial charge in [0.05, 0.1) is 5.69 Å². The van der Waals surface area contributed by atoms with Gasteiger partial charge in [0.15, 0.2) is 0 Å². The van der Waals surface area contributed by atoms with Crippen molar-refractivity contribution in [2.75, 3.05) is 12.1 Å². The van der Waals surface area contributed by atoms with Gasteiger partial charge in [-0.25, -0.2) is 9.82 Å². The molecule has 0 aliphatic carbocycles. The van der Waals surface area contributed by atoms with Crippen LogP contribution in [0.1, 0.15) is 17.5 Å². The van der Waals surface area contributed by atoms with E-state index in [1.807, 2.05) is 48.5 Å². The molecule has 2 aromatic rings. The molecule has 0 amide bonds. The van der Waals surface area contributed by atoms with Crippen LogP contribution in [0.2, 0.25) is 0 Å². The third-order valence-electron chi connectivity index (χ3n) is 3.58. The first kappa shape index (κ1) is 14.1. The van der Waals surface area contributed by atoms with Crippen LogP contribution < -0.4 is 10.4 Å². The summed E-state index contributed by atoms with van der Waals surface area (Å²) < 4.78 is 14.2. The fraction of sp³-hybridized carbons (Fsp3) is 0.176. The summed E-state index contributed by atoms with van der Waals surface area (Å²) >= 11 is 6.26. The van der Waals surface area contributed by atoms with Crippen LogP contribution in [0, 0.1) is 5.82 Å². The predicted molar refractivity (Wildman–Crippen MR) is 85.7 cm³/mol. The molecule has 1 atom stereocenters. The second-order valence-electron chi connectivity index (χ2n) is 5.01. The molecule has 2 nitrogen and oxygen atoms in total. The average Bonchev–Trinajstić information content (AvgIpc) is 2.48. The van der Waals surface area contributed by atoms with E-state index in [0.717, 1.165) is 16.8 Å². The molecule has 4 heteroatoms. The maximum atomic E-state index is 14.2. The minimum atomic E-state index is -0.231. The second kappa shape index (κ2) is 5.88. The first-order valence-electron chi connectivity index (χ1n) is 6.85. The summed E-state index contributed by atoms with van der Waals surface area (Å²) in [4.78, 5) is 0. The van der Waals surface area contributed by atoms with E-state index in [-0.39, 0.29) is 11.3 Å². The molecule has 108 valence electrons. The Balaban J connectivity index is 2.20. The molecule has 21 heavy (non-hydrogen) atoms. The highest BCUT2D eigenvalue weighted by atomic mass is 35.5. The Hall–Kier alpha value is -1.84. The van der Waals surface area contributed by atoms with Crippen molar-refractivity contribution in [3.63, 3.8) is 0 Å². The van der Waals surface area contributed by atoms with E-state index in [0.29, 0.717) is 12.0 Å². The number of alkyl halides is 1. The number of hydrogen-bond donors (Lipinski definition) is 1. The molecule has 0 bridgehead atoms. The zero-order chi connectivity index (χ0) is 14.8. The largest absolute Gasteiger partial charge is 0.309 e. The fourth-order valence-corrected chi connectivity index (χ4v) is 2.83. The Morgan fingerprint density at radius 3 is 2.52 bits per heavy atom. The first-order chi connectivity index (χ1) is 10.2. The highest BCUT2D eigenvalue weighted by molar-refractivity contribution is 6.20. The minimum Gasteiger partial charge on any atom is -0.309 e. The number of fused-ring (bicyclic) bond motifs is 1. The van der Waals surface area contributed by atoms with Crippen molar-refractivity contribution < 1.29 is 4.39 Å². The zero-order valence-corrected chi connectivity index (χ0v) is 12.4. The molecular weight excluding hydrogens is 287 g/mol. The lowest BCUT2D eigenvalue weighted by Crippen LogP contribution is -2.40. The number of anilines is 1. The van der Waals surface area contributed by atoms with Gasteiger partial charge in [0.2, 0.25) is 0 Å². The topological polar surface area (TPSA) is 15.3 Å². The van der Waals surface area contributed by atoms with Gasteiger partial charge < -0.3 is 5.01 Å². The van der Waals surface area contributed by atoms with Gasteiger partial charge in [0, 0.05) is 18.2 Å². The molecule has 1 aliphatic heterocycles. The van der Waals surface area contributed by atoms with Crippen LogP contribution in [0.25, 0.3) is 5.57 Å². The van der Waals surface area contributed by atoms with Gasteiger partial charge in [0.1, 0.15) is 11.3 Å². The van der Waals surface area contributed by atoms with E-state index >= 15 is 0 Å². The lowest BCUT2D eigenvalue weighted by Gasteiger charge is -2.29. The van der Waals surface area contributed by atoms with Gasteiger partial charge in [0.25, 0.3) is 0 Å². The smallest absolute Gasteiger partial charge is 0.131 e. The standard InChI is InChI=1S/C17H16ClFN2/c1-21-16-9-5-3-7-14(16)12(10-11-17(18)20-21)13-6-2-4-8-15(13)19/h2-10,17,20H,11H2,1H3/b12-10-. The van der Waals surface area contributed by atoms with Gasteiger partial charge in [-0.3, -0.25) is 0 Å². The highest BCUT2D eigenvalue weighted by Crippen LogP contribution is 2.34. The number of halogens is 2. The molecule has 0 fully saturated rings. The summed E-state index contributed by atoms with van der Waals surface area (Å²) in [7, 11) is 1.92. The number of nitrogens with one attached hydrogen (secondary N) is 1. The zero-order valence-electron chi connectivity index (χ0n) is 11.7. The van der Waals surface area contributed by atoms with Crippen molar-refractivity contribution in [2.24, 2.45) is 0 Å². The third-order valence-corrected chi connectivity index (χ3v) is 3.86. The summed E-state index contributed by atoms with van der Waals surface area (Å²) in [5, 5.41) is 1.89. The third kappa shape index (κ3) is 2.80. The molecule has 0 spiro atoms. The van der Waals surface area contributed by atoms with E-state index in [1.54, 1.807) is 12.1 Å². The molecule has 1 aliphatic rings. The Bertz CT molecular complexity index is 684. The van der Waals surface area contributed by atoms with Gasteiger partial charge in [-0.15, -0.1) is 11.6 Å². The Kier molecular flexibility index (Phi) is 3.95. The van der Waals surface area contributed by atoms with Crippen molar-refractivity contribution in [1.29, 1.82) is 0 Å². The monoisotopic (exact) mass is 302 g/mol. The van der Waals surface area contributed by atoms with Gasteiger partial charge in [-0.05, 0) is 24.1 Å². The average molecular weight is 303 g/mol. The maximum absolute atomic E-state index is 14.2. The van der Waals surface area contributed by atoms with E-state index < -0.39 is 0 Å². The van der Waals surface area contributed by atoms with E-state index in [1.165, 1.54) is 6.07 Å². The van der Waals surface area contributed by atoms with Crippen molar-refractivity contribution in [1.82, 2.24) is 5.43 Å². The van der Waals surface area contributed by atoms with Crippen molar-refractivity contribution in [2.45, 2.75) is 11.9 Å². The summed E-state index contributed by atoms with van der Waals surface area (Å²) in [6.07, 6.45) is 2.61. The van der Waals surface area contributed by atoms with E-state index in [4.69, 9.17) is 11.6 Å². The van der Waals surface area contributed by atoms with Crippen LogP contribution in [0.3, 0.4) is 0 Å². The molecule has 2 aromatic carbocycles. The number of benzene rings is 2. The van der Waals surface area contributed by atoms with Crippen molar-refractivity contribution in [3.05, 3.63) is 71.6 Å². The predicted octanol–water partition coefficient (Wildman–Crippen LogP) is 4.17. The Morgan fingerprint density at radius 2 is 1.76 bits per heavy atom. The maximum Gasteiger partial charge on any atom is 0.131 e. The minimum absolute atomic E-state index is 0.221. The van der Waals surface area contributed by atoms with Gasteiger partial charge in [-0.2, -0.15) is 0 Å². The molecule has 0 radical (unpaired) electrons. The van der Waals surface area contributed by atoms with E-state index in [9.17, 15) is 4.39 Å². The Labute approximate surface area is 128 Å². The first-order valence-corrected chi connectivity index (χ1v) is 7.29. The summed E-state index contributed by atoms with van der Waals surface area (Å²) in [6.45, 7) is 0. The number of para-hydroxylation sites is 1. The van der Waals surface area contributed by atoms with Crippen LogP contribution in [0.4, 0.5) is 10.1 Å². The molecule has 1 N–H and O–H groups in total. The van der Waals surface area contributed by atoms with Crippen LogP contribution >= 0.6 is 11.6 Å². The summed E-state index contributed by atoms with van der Waals surface area (Å²) in [5.41, 5.74) is 6.39. The summed E-state index contributed by atoms with van der Waals surface area (Å²) in [6, 6.07) is 14.7. The van der Waals surface area contributed by atoms with Crippen LogP contribution in [0.5, 0.6) is 0 Å². The molecular formula is C17H16ClFN2. The lowest BCUT2D eigenvalue weighted by molar-refractivity contribution is 0.620. The molecule has 3 rings (SSSR count). The highest BCUT2D eigenvalue weighted by Gasteiger charge is 2.19. The Morgan fingerprint density at radius 1 is 1.10 bits per heavy atom.